The Bertz CT molecular complexity index is 1520. The molecule has 0 aromatic heterocycles. The molecular formula is C31H29N3O4. The van der Waals surface area contributed by atoms with Gasteiger partial charge in [0, 0.05) is 6.04 Å². The van der Waals surface area contributed by atoms with E-state index in [4.69, 9.17) is 4.74 Å². The van der Waals surface area contributed by atoms with E-state index in [0.29, 0.717) is 28.1 Å². The maximum Gasteiger partial charge on any atom is 0.257 e. The van der Waals surface area contributed by atoms with Crippen LogP contribution in [0.4, 0.5) is 5.69 Å². The van der Waals surface area contributed by atoms with Crippen LogP contribution in [0.3, 0.4) is 0 Å². The van der Waals surface area contributed by atoms with Crippen LogP contribution < -0.4 is 15.4 Å². The number of hydrogen-bond donors (Lipinski definition) is 2. The van der Waals surface area contributed by atoms with E-state index in [1.807, 2.05) is 56.3 Å². The number of benzene rings is 4. The van der Waals surface area contributed by atoms with Crippen LogP contribution in [0.25, 0.3) is 10.8 Å². The average Bonchev–Trinajstić information content (AvgIpc) is 3.01. The van der Waals surface area contributed by atoms with E-state index in [0.717, 1.165) is 10.8 Å². The minimum Gasteiger partial charge on any atom is -0.497 e. The van der Waals surface area contributed by atoms with Crippen molar-refractivity contribution in [2.75, 3.05) is 12.4 Å². The van der Waals surface area contributed by atoms with Crippen molar-refractivity contribution < 1.29 is 19.1 Å². The van der Waals surface area contributed by atoms with Gasteiger partial charge in [0.2, 0.25) is 5.91 Å². The normalized spacial score (nSPS) is 16.0. The van der Waals surface area contributed by atoms with Crippen molar-refractivity contribution in [1.29, 1.82) is 0 Å². The maximum atomic E-state index is 14.5. The summed E-state index contributed by atoms with van der Waals surface area (Å²) in [6, 6.07) is 25.0. The molecule has 1 heterocycles. The summed E-state index contributed by atoms with van der Waals surface area (Å²) in [5, 5.41) is 7.68. The highest BCUT2D eigenvalue weighted by atomic mass is 16.5. The van der Waals surface area contributed by atoms with Gasteiger partial charge in [-0.25, -0.2) is 0 Å². The zero-order valence-corrected chi connectivity index (χ0v) is 21.5. The van der Waals surface area contributed by atoms with Crippen LogP contribution in [0.15, 0.2) is 91.0 Å². The molecule has 4 aromatic carbocycles. The molecule has 38 heavy (non-hydrogen) atoms. The highest BCUT2D eigenvalue weighted by molar-refractivity contribution is 6.13. The summed E-state index contributed by atoms with van der Waals surface area (Å²) in [4.78, 5) is 43.6. The number of methoxy groups -OCH3 is 1. The second kappa shape index (κ2) is 10.4. The number of nitrogens with one attached hydrogen (secondary N) is 2. The fourth-order valence-corrected chi connectivity index (χ4v) is 4.93. The van der Waals surface area contributed by atoms with Crippen molar-refractivity contribution in [1.82, 2.24) is 10.2 Å². The van der Waals surface area contributed by atoms with E-state index in [1.165, 1.54) is 4.90 Å². The topological polar surface area (TPSA) is 87.7 Å². The Hall–Kier alpha value is -4.65. The molecule has 7 nitrogen and oxygen atoms in total. The summed E-state index contributed by atoms with van der Waals surface area (Å²) in [6.07, 6.45) is 0. The average molecular weight is 508 g/mol. The number of carbonyl (C=O) groups excluding carboxylic acids is 3. The molecule has 0 saturated carbocycles. The Morgan fingerprint density at radius 3 is 2.26 bits per heavy atom. The molecule has 0 aliphatic carbocycles. The van der Waals surface area contributed by atoms with Gasteiger partial charge in [0.05, 0.1) is 18.4 Å². The largest absolute Gasteiger partial charge is 0.497 e. The van der Waals surface area contributed by atoms with Crippen LogP contribution >= 0.6 is 0 Å². The summed E-state index contributed by atoms with van der Waals surface area (Å²) >= 11 is 0. The molecule has 0 bridgehead atoms. The van der Waals surface area contributed by atoms with E-state index in [1.54, 1.807) is 55.6 Å². The molecule has 0 saturated heterocycles. The van der Waals surface area contributed by atoms with E-state index < -0.39 is 23.9 Å². The monoisotopic (exact) mass is 507 g/mol. The second-order valence-corrected chi connectivity index (χ2v) is 9.60. The molecule has 1 aliphatic heterocycles. The highest BCUT2D eigenvalue weighted by Crippen LogP contribution is 2.39. The first-order valence-corrected chi connectivity index (χ1v) is 12.5. The predicted molar refractivity (Wildman–Crippen MR) is 147 cm³/mol. The van der Waals surface area contributed by atoms with Crippen LogP contribution in [-0.4, -0.2) is 35.8 Å². The first-order valence-electron chi connectivity index (χ1n) is 12.5. The van der Waals surface area contributed by atoms with E-state index in [2.05, 4.69) is 10.6 Å². The van der Waals surface area contributed by atoms with Gasteiger partial charge in [-0.3, -0.25) is 14.4 Å². The van der Waals surface area contributed by atoms with E-state index in [9.17, 15) is 14.4 Å². The van der Waals surface area contributed by atoms with Crippen LogP contribution in [0.2, 0.25) is 0 Å². The fraction of sp³-hybridized carbons (Fsp3) is 0.194. The molecular weight excluding hydrogens is 478 g/mol. The SMILES string of the molecule is COc1cccc(C(C(=O)NC(C)C)N2C(=O)c3cc4ccccc4cc3NC(=O)C2c2ccccc2)c1. The number of carbonyl (C=O) groups is 3. The Labute approximate surface area is 221 Å². The number of amides is 3. The van der Waals surface area contributed by atoms with E-state index >= 15 is 0 Å². The first-order chi connectivity index (χ1) is 18.4. The lowest BCUT2D eigenvalue weighted by molar-refractivity contribution is -0.129. The lowest BCUT2D eigenvalue weighted by atomic mass is 9.96. The Morgan fingerprint density at radius 2 is 1.58 bits per heavy atom. The first kappa shape index (κ1) is 25.0. The molecule has 0 spiro atoms. The molecule has 3 amide bonds. The molecule has 192 valence electrons. The van der Waals surface area contributed by atoms with Crippen LogP contribution in [0, 0.1) is 0 Å². The third-order valence-electron chi connectivity index (χ3n) is 6.62. The quantitative estimate of drug-likeness (QED) is 0.373. The fourth-order valence-electron chi connectivity index (χ4n) is 4.93. The maximum absolute atomic E-state index is 14.5. The molecule has 0 fully saturated rings. The summed E-state index contributed by atoms with van der Waals surface area (Å²) in [6.45, 7) is 3.71. The number of nitrogens with zero attached hydrogens (tertiary/aromatic N) is 1. The van der Waals surface area contributed by atoms with Gasteiger partial charge in [-0.1, -0.05) is 66.7 Å². The third kappa shape index (κ3) is 4.70. The Kier molecular flexibility index (Phi) is 6.83. The molecule has 2 N–H and O–H groups in total. The summed E-state index contributed by atoms with van der Waals surface area (Å²) < 4.78 is 5.43. The lowest BCUT2D eigenvalue weighted by Gasteiger charge is -2.36. The van der Waals surface area contributed by atoms with Crippen molar-refractivity contribution in [3.63, 3.8) is 0 Å². The van der Waals surface area contributed by atoms with Gasteiger partial charge >= 0.3 is 0 Å². The van der Waals surface area contributed by atoms with Gasteiger partial charge in [-0.05, 0) is 60.0 Å². The molecule has 5 rings (SSSR count). The zero-order chi connectivity index (χ0) is 26.8. The number of fused-ring (bicyclic) bond motifs is 2. The zero-order valence-electron chi connectivity index (χ0n) is 21.5. The van der Waals surface area contributed by atoms with Gasteiger partial charge < -0.3 is 20.3 Å². The lowest BCUT2D eigenvalue weighted by Crippen LogP contribution is -2.48. The summed E-state index contributed by atoms with van der Waals surface area (Å²) in [5.74, 6) is -0.674. The number of anilines is 1. The third-order valence-corrected chi connectivity index (χ3v) is 6.62. The van der Waals surface area contributed by atoms with Crippen molar-refractivity contribution in [2.24, 2.45) is 0 Å². The smallest absolute Gasteiger partial charge is 0.257 e. The van der Waals surface area contributed by atoms with Crippen LogP contribution in [0.1, 0.15) is 47.4 Å². The number of ether oxygens (including phenoxy) is 1. The van der Waals surface area contributed by atoms with Crippen molar-refractivity contribution in [2.45, 2.75) is 32.0 Å². The second-order valence-electron chi connectivity index (χ2n) is 9.60. The predicted octanol–water partition coefficient (Wildman–Crippen LogP) is 5.25. The van der Waals surface area contributed by atoms with Gasteiger partial charge in [-0.2, -0.15) is 0 Å². The Balaban J connectivity index is 1.76. The van der Waals surface area contributed by atoms with Crippen molar-refractivity contribution in [3.05, 3.63) is 108 Å². The van der Waals surface area contributed by atoms with Gasteiger partial charge in [0.15, 0.2) is 0 Å². The minimum atomic E-state index is -1.10. The summed E-state index contributed by atoms with van der Waals surface area (Å²) in [7, 11) is 1.54. The van der Waals surface area contributed by atoms with Gasteiger partial charge in [0.25, 0.3) is 11.8 Å². The van der Waals surface area contributed by atoms with Crippen LogP contribution in [-0.2, 0) is 9.59 Å². The number of hydrogen-bond acceptors (Lipinski definition) is 4. The molecule has 7 heteroatoms. The van der Waals surface area contributed by atoms with Gasteiger partial charge in [0.1, 0.15) is 17.8 Å². The summed E-state index contributed by atoms with van der Waals surface area (Å²) in [5.41, 5.74) is 1.87. The molecule has 2 atom stereocenters. The van der Waals surface area contributed by atoms with Crippen molar-refractivity contribution >= 4 is 34.2 Å². The highest BCUT2D eigenvalue weighted by Gasteiger charge is 2.44. The standard InChI is InChI=1S/C31H29N3O4/c1-19(2)32-29(35)28(23-14-9-15-24(16-23)38-3)34-27(20-10-5-4-6-11-20)30(36)33-26-18-22-13-8-7-12-21(22)17-25(26)31(34)37/h4-19,27-28H,1-3H3,(H,32,35)(H,33,36). The van der Waals surface area contributed by atoms with Crippen molar-refractivity contribution in [3.8, 4) is 5.75 Å². The molecule has 4 aromatic rings. The molecule has 2 unspecified atom stereocenters. The van der Waals surface area contributed by atoms with Crippen LogP contribution in [0.5, 0.6) is 5.75 Å². The van der Waals surface area contributed by atoms with E-state index in [-0.39, 0.29) is 11.9 Å². The molecule has 0 radical (unpaired) electrons. The minimum absolute atomic E-state index is 0.182. The van der Waals surface area contributed by atoms with Gasteiger partial charge in [-0.15, -0.1) is 0 Å². The molecule has 1 aliphatic rings. The number of rotatable bonds is 6. The Morgan fingerprint density at radius 1 is 0.895 bits per heavy atom.